The number of benzene rings is 1. The second kappa shape index (κ2) is 7.19. The molecule has 4 amide bonds. The van der Waals surface area contributed by atoms with Crippen molar-refractivity contribution in [3.8, 4) is 0 Å². The molecular formula is C19H16N6O4S. The Hall–Kier alpha value is -3.86. The largest absolute Gasteiger partial charge is 0.330 e. The lowest BCUT2D eigenvalue weighted by Gasteiger charge is -2.14. The summed E-state index contributed by atoms with van der Waals surface area (Å²) in [6.45, 7) is 0.463. The van der Waals surface area contributed by atoms with E-state index >= 15 is 0 Å². The number of hydrogen-bond donors (Lipinski definition) is 2. The van der Waals surface area contributed by atoms with Gasteiger partial charge >= 0.3 is 11.7 Å². The van der Waals surface area contributed by atoms with E-state index in [9.17, 15) is 19.2 Å². The quantitative estimate of drug-likeness (QED) is 0.361. The fourth-order valence-electron chi connectivity index (χ4n) is 3.21. The Morgan fingerprint density at radius 1 is 1.00 bits per heavy atom. The lowest BCUT2D eigenvalue weighted by atomic mass is 10.1. The molecule has 0 spiro atoms. The van der Waals surface area contributed by atoms with E-state index < -0.39 is 17.8 Å². The molecule has 0 atom stereocenters. The first-order valence-corrected chi connectivity index (χ1v) is 9.25. The molecule has 30 heavy (non-hydrogen) atoms. The van der Waals surface area contributed by atoms with Crippen molar-refractivity contribution in [3.05, 3.63) is 62.4 Å². The number of carbonyl (C=O) groups is 3. The van der Waals surface area contributed by atoms with E-state index in [1.807, 2.05) is 27.3 Å². The van der Waals surface area contributed by atoms with Gasteiger partial charge in [0.05, 0.1) is 6.33 Å². The summed E-state index contributed by atoms with van der Waals surface area (Å²) < 4.78 is 5.10. The van der Waals surface area contributed by atoms with E-state index in [0.29, 0.717) is 27.9 Å². The fraction of sp³-hybridized carbons (Fsp3) is 0.158. The first-order valence-electron chi connectivity index (χ1n) is 8.84. The number of urea groups is 1. The molecule has 152 valence electrons. The Bertz CT molecular complexity index is 1360. The summed E-state index contributed by atoms with van der Waals surface area (Å²) in [6.07, 6.45) is 3.04. The number of imide groups is 2. The van der Waals surface area contributed by atoms with Gasteiger partial charge in [-0.2, -0.15) is 0 Å². The number of nitrogens with zero attached hydrogens (tertiary/aromatic N) is 4. The molecular weight excluding hydrogens is 408 g/mol. The van der Waals surface area contributed by atoms with Gasteiger partial charge in [0.25, 0.3) is 11.8 Å². The highest BCUT2D eigenvalue weighted by atomic mass is 32.1. The summed E-state index contributed by atoms with van der Waals surface area (Å²) in [5.41, 5.74) is 2.35. The van der Waals surface area contributed by atoms with Crippen molar-refractivity contribution >= 4 is 47.3 Å². The molecule has 2 aromatic heterocycles. The third kappa shape index (κ3) is 3.24. The van der Waals surface area contributed by atoms with Gasteiger partial charge in [-0.15, -0.1) is 0 Å². The van der Waals surface area contributed by atoms with Gasteiger partial charge in [-0.1, -0.05) is 36.5 Å². The van der Waals surface area contributed by atoms with Crippen LogP contribution in [-0.2, 0) is 30.2 Å². The minimum absolute atomic E-state index is 0.146. The minimum Gasteiger partial charge on any atom is -0.322 e. The van der Waals surface area contributed by atoms with Crippen molar-refractivity contribution < 1.29 is 14.4 Å². The van der Waals surface area contributed by atoms with Crippen LogP contribution in [0.15, 0.2) is 41.0 Å². The van der Waals surface area contributed by atoms with Crippen molar-refractivity contribution in [2.24, 2.45) is 14.1 Å². The number of aryl methyl sites for hydroxylation is 1. The molecule has 1 fully saturated rings. The number of amides is 4. The average molecular weight is 424 g/mol. The van der Waals surface area contributed by atoms with Crippen LogP contribution < -0.4 is 16.3 Å². The maximum absolute atomic E-state index is 12.2. The summed E-state index contributed by atoms with van der Waals surface area (Å²) >= 11 is 5.42. The van der Waals surface area contributed by atoms with Crippen molar-refractivity contribution in [1.82, 2.24) is 29.3 Å². The van der Waals surface area contributed by atoms with E-state index in [1.54, 1.807) is 32.6 Å². The summed E-state index contributed by atoms with van der Waals surface area (Å²) in [4.78, 5) is 51.3. The Morgan fingerprint density at radius 3 is 2.27 bits per heavy atom. The molecule has 3 heterocycles. The third-order valence-corrected chi connectivity index (χ3v) is 5.27. The number of rotatable bonds is 3. The molecule has 10 nitrogen and oxygen atoms in total. The number of aromatic nitrogens is 4. The molecule has 0 unspecified atom stereocenters. The normalized spacial score (nSPS) is 14.1. The predicted octanol–water partition coefficient (Wildman–Crippen LogP) is 0.601. The highest BCUT2D eigenvalue weighted by molar-refractivity contribution is 7.71. The predicted molar refractivity (Wildman–Crippen MR) is 110 cm³/mol. The van der Waals surface area contributed by atoms with Crippen molar-refractivity contribution in [1.29, 1.82) is 0 Å². The van der Waals surface area contributed by atoms with Gasteiger partial charge in [0, 0.05) is 20.6 Å². The lowest BCUT2D eigenvalue weighted by molar-refractivity contribution is -0.123. The molecule has 3 aromatic rings. The van der Waals surface area contributed by atoms with Crippen LogP contribution in [0.3, 0.4) is 0 Å². The van der Waals surface area contributed by atoms with Crippen LogP contribution >= 0.6 is 12.2 Å². The monoisotopic (exact) mass is 424 g/mol. The Labute approximate surface area is 174 Å². The second-order valence-corrected chi connectivity index (χ2v) is 7.17. The molecule has 4 rings (SSSR count). The van der Waals surface area contributed by atoms with Crippen molar-refractivity contribution in [2.75, 3.05) is 0 Å². The highest BCUT2D eigenvalue weighted by Crippen LogP contribution is 2.16. The number of hydrogen-bond acceptors (Lipinski definition) is 6. The molecule has 0 radical (unpaired) electrons. The lowest BCUT2D eigenvalue weighted by Crippen LogP contribution is -2.51. The second-order valence-electron chi connectivity index (χ2n) is 6.79. The van der Waals surface area contributed by atoms with Gasteiger partial charge in [0.1, 0.15) is 15.7 Å². The van der Waals surface area contributed by atoms with Crippen LogP contribution in [0.4, 0.5) is 4.79 Å². The molecule has 1 aliphatic heterocycles. The van der Waals surface area contributed by atoms with Gasteiger partial charge in [0.2, 0.25) is 0 Å². The van der Waals surface area contributed by atoms with Gasteiger partial charge in [-0.3, -0.25) is 29.4 Å². The van der Waals surface area contributed by atoms with Crippen molar-refractivity contribution in [3.63, 3.8) is 0 Å². The van der Waals surface area contributed by atoms with E-state index in [2.05, 4.69) is 4.98 Å². The minimum atomic E-state index is -0.836. The molecule has 0 bridgehead atoms. The fourth-order valence-corrected chi connectivity index (χ4v) is 3.49. The van der Waals surface area contributed by atoms with Crippen LogP contribution in [0.5, 0.6) is 0 Å². The zero-order chi connectivity index (χ0) is 21.6. The number of barbiturate groups is 1. The smallest absolute Gasteiger partial charge is 0.322 e. The van der Waals surface area contributed by atoms with Crippen LogP contribution in [0.2, 0.25) is 0 Å². The van der Waals surface area contributed by atoms with Gasteiger partial charge in [-0.05, 0) is 17.2 Å². The van der Waals surface area contributed by atoms with E-state index in [4.69, 9.17) is 12.2 Å². The summed E-state index contributed by atoms with van der Waals surface area (Å²) in [7, 11) is 3.26. The van der Waals surface area contributed by atoms with Crippen LogP contribution in [0, 0.1) is 4.64 Å². The zero-order valence-corrected chi connectivity index (χ0v) is 16.8. The summed E-state index contributed by atoms with van der Waals surface area (Å²) in [6, 6.07) is 6.35. The molecule has 0 saturated carbocycles. The van der Waals surface area contributed by atoms with E-state index in [0.717, 1.165) is 5.56 Å². The van der Waals surface area contributed by atoms with Gasteiger partial charge in [0.15, 0.2) is 5.65 Å². The van der Waals surface area contributed by atoms with Crippen molar-refractivity contribution in [2.45, 2.75) is 6.54 Å². The summed E-state index contributed by atoms with van der Waals surface area (Å²) in [5, 5.41) is 4.06. The number of fused-ring (bicyclic) bond motifs is 1. The maximum atomic E-state index is 12.2. The maximum Gasteiger partial charge on any atom is 0.330 e. The Balaban J connectivity index is 1.64. The molecule has 11 heteroatoms. The molecule has 0 aliphatic carbocycles. The van der Waals surface area contributed by atoms with Crippen LogP contribution in [0.1, 0.15) is 11.1 Å². The average Bonchev–Trinajstić information content (AvgIpc) is 3.12. The zero-order valence-electron chi connectivity index (χ0n) is 16.0. The molecule has 1 aliphatic rings. The summed E-state index contributed by atoms with van der Waals surface area (Å²) in [5.74, 6) is -1.48. The van der Waals surface area contributed by atoms with Crippen LogP contribution in [-0.4, -0.2) is 36.5 Å². The van der Waals surface area contributed by atoms with Gasteiger partial charge in [-0.25, -0.2) is 14.6 Å². The first-order chi connectivity index (χ1) is 14.3. The van der Waals surface area contributed by atoms with E-state index in [-0.39, 0.29) is 11.3 Å². The molecule has 2 N–H and O–H groups in total. The topological polar surface area (TPSA) is 120 Å². The van der Waals surface area contributed by atoms with Crippen LogP contribution in [0.25, 0.3) is 17.2 Å². The highest BCUT2D eigenvalue weighted by Gasteiger charge is 2.27. The Kier molecular flexibility index (Phi) is 4.66. The molecule has 1 saturated heterocycles. The SMILES string of the molecule is Cn1c(=S)c2c(ncn2Cc2ccc(C=C3C(=O)NC(=O)NC3=O)cc2)n(C)c1=O. The first kappa shape index (κ1) is 19.5. The number of imidazole rings is 1. The Morgan fingerprint density at radius 2 is 1.63 bits per heavy atom. The van der Waals surface area contributed by atoms with E-state index in [1.165, 1.54) is 15.2 Å². The standard InChI is InChI=1S/C19H16N6O4S/c1-23-14-13(17(30)24(2)19(23)29)25(9-20-14)8-11-5-3-10(4-6-11)7-12-15(26)21-18(28)22-16(12)27/h3-7,9H,8H2,1-2H3,(H2,21,22,26,27,28). The van der Waals surface area contributed by atoms with Gasteiger partial charge < -0.3 is 4.57 Å². The third-order valence-electron chi connectivity index (χ3n) is 4.80. The number of carbonyl (C=O) groups excluding carboxylic acids is 3. The number of nitrogens with one attached hydrogen (secondary N) is 2. The molecule has 1 aromatic carbocycles.